The number of rotatable bonds is 6. The highest BCUT2D eigenvalue weighted by Crippen LogP contribution is 2.30. The molecule has 0 spiro atoms. The summed E-state index contributed by atoms with van der Waals surface area (Å²) in [5, 5.41) is 3.89. The van der Waals surface area contributed by atoms with Gasteiger partial charge in [-0.25, -0.2) is 4.98 Å². The summed E-state index contributed by atoms with van der Waals surface area (Å²) in [6.45, 7) is 6.21. The van der Waals surface area contributed by atoms with Crippen molar-refractivity contribution in [2.75, 3.05) is 23.7 Å². The molecule has 1 fully saturated rings. The molecule has 1 aromatic heterocycles. The maximum Gasteiger partial charge on any atom is 0.265 e. The number of nitrogens with zero attached hydrogens (tertiary/aromatic N) is 2. The van der Waals surface area contributed by atoms with Crippen molar-refractivity contribution < 1.29 is 4.79 Å². The zero-order chi connectivity index (χ0) is 14.5. The molecule has 2 heterocycles. The molecule has 1 aliphatic heterocycles. The van der Waals surface area contributed by atoms with Crippen LogP contribution in [0, 0.1) is 0 Å². The van der Waals surface area contributed by atoms with E-state index in [2.05, 4.69) is 22.1 Å². The molecule has 0 saturated carbocycles. The maximum atomic E-state index is 12.2. The first-order valence-electron chi connectivity index (χ1n) is 7.44. The Balaban J connectivity index is 1.98. The molecule has 0 aliphatic carbocycles. The third-order valence-corrected chi connectivity index (χ3v) is 4.72. The number of amides is 1. The van der Waals surface area contributed by atoms with Gasteiger partial charge in [0.05, 0.1) is 0 Å². The Hall–Kier alpha value is -1.30. The molecule has 0 aromatic carbocycles. The zero-order valence-electron chi connectivity index (χ0n) is 12.3. The quantitative estimate of drug-likeness (QED) is 0.846. The van der Waals surface area contributed by atoms with Gasteiger partial charge in [-0.05, 0) is 26.2 Å². The Morgan fingerprint density at radius 1 is 1.50 bits per heavy atom. The van der Waals surface area contributed by atoms with E-state index in [9.17, 15) is 4.79 Å². The van der Waals surface area contributed by atoms with E-state index >= 15 is 0 Å². The minimum absolute atomic E-state index is 0.0888. The van der Waals surface area contributed by atoms with Gasteiger partial charge in [-0.3, -0.25) is 4.79 Å². The molecule has 0 bridgehead atoms. The van der Waals surface area contributed by atoms with Gasteiger partial charge in [0.15, 0.2) is 5.13 Å². The molecule has 2 rings (SSSR count). The first-order chi connectivity index (χ1) is 9.61. The number of unbranched alkanes of at least 4 members (excludes halogenated alkanes) is 1. The highest BCUT2D eigenvalue weighted by molar-refractivity contribution is 7.18. The predicted octanol–water partition coefficient (Wildman–Crippen LogP) is 2.63. The summed E-state index contributed by atoms with van der Waals surface area (Å²) >= 11 is 1.41. The van der Waals surface area contributed by atoms with Crippen molar-refractivity contribution in [1.29, 1.82) is 0 Å². The molecule has 0 radical (unpaired) electrons. The van der Waals surface area contributed by atoms with E-state index in [0.29, 0.717) is 10.7 Å². The Bertz CT molecular complexity index is 454. The van der Waals surface area contributed by atoms with Crippen LogP contribution in [0.25, 0.3) is 0 Å². The van der Waals surface area contributed by atoms with Crippen molar-refractivity contribution in [2.45, 2.75) is 52.0 Å². The summed E-state index contributed by atoms with van der Waals surface area (Å²) in [5.74, 6) is 0.270. The Labute approximate surface area is 124 Å². The Morgan fingerprint density at radius 3 is 2.85 bits per heavy atom. The van der Waals surface area contributed by atoms with Crippen molar-refractivity contribution >= 4 is 28.2 Å². The lowest BCUT2D eigenvalue weighted by Gasteiger charge is -2.13. The summed E-state index contributed by atoms with van der Waals surface area (Å²) in [7, 11) is 0. The Kier molecular flexibility index (Phi) is 5.23. The number of nitrogens with one attached hydrogen (secondary N) is 1. The number of hydrogen-bond donors (Lipinski definition) is 2. The fourth-order valence-corrected chi connectivity index (χ4v) is 3.34. The molecular formula is C14H24N4OS. The lowest BCUT2D eigenvalue weighted by molar-refractivity contribution is 0.0943. The van der Waals surface area contributed by atoms with Gasteiger partial charge in [-0.2, -0.15) is 0 Å². The molecule has 1 amide bonds. The summed E-state index contributed by atoms with van der Waals surface area (Å²) in [4.78, 5) is 19.3. The van der Waals surface area contributed by atoms with Gasteiger partial charge in [-0.1, -0.05) is 31.1 Å². The van der Waals surface area contributed by atoms with Crippen LogP contribution in [0.5, 0.6) is 0 Å². The van der Waals surface area contributed by atoms with E-state index < -0.39 is 0 Å². The average Bonchev–Trinajstić information content (AvgIpc) is 3.04. The topological polar surface area (TPSA) is 71.2 Å². The molecule has 6 heteroatoms. The highest BCUT2D eigenvalue weighted by Gasteiger charge is 2.22. The molecule has 5 nitrogen and oxygen atoms in total. The predicted molar refractivity (Wildman–Crippen MR) is 84.4 cm³/mol. The highest BCUT2D eigenvalue weighted by atomic mass is 32.1. The number of thiazole rings is 1. The normalized spacial score (nSPS) is 16.4. The van der Waals surface area contributed by atoms with Crippen LogP contribution in [0.4, 0.5) is 10.9 Å². The van der Waals surface area contributed by atoms with Crippen molar-refractivity contribution in [3.05, 3.63) is 4.88 Å². The molecule has 1 atom stereocenters. The van der Waals surface area contributed by atoms with Gasteiger partial charge in [0, 0.05) is 19.1 Å². The van der Waals surface area contributed by atoms with Crippen molar-refractivity contribution in [3.63, 3.8) is 0 Å². The SMILES string of the molecule is CCCCC(C)NC(=O)c1sc(N2CCCC2)nc1N. The zero-order valence-corrected chi connectivity index (χ0v) is 13.1. The molecule has 20 heavy (non-hydrogen) atoms. The number of nitrogens with two attached hydrogens (primary N) is 1. The third-order valence-electron chi connectivity index (χ3n) is 3.59. The first kappa shape index (κ1) is 15.1. The van der Waals surface area contributed by atoms with Gasteiger partial charge in [0.1, 0.15) is 10.7 Å². The van der Waals surface area contributed by atoms with Crippen LogP contribution in [-0.2, 0) is 0 Å². The number of carbonyl (C=O) groups excluding carboxylic acids is 1. The molecule has 3 N–H and O–H groups in total. The lowest BCUT2D eigenvalue weighted by Crippen LogP contribution is -2.32. The van der Waals surface area contributed by atoms with Crippen LogP contribution in [0.1, 0.15) is 55.6 Å². The monoisotopic (exact) mass is 296 g/mol. The standard InChI is InChI=1S/C14H24N4OS/c1-3-4-7-10(2)16-13(19)11-12(15)17-14(20-11)18-8-5-6-9-18/h10H,3-9,15H2,1-2H3,(H,16,19). The largest absolute Gasteiger partial charge is 0.382 e. The molecule has 112 valence electrons. The smallest absolute Gasteiger partial charge is 0.265 e. The van der Waals surface area contributed by atoms with E-state index in [0.717, 1.165) is 37.5 Å². The fourth-order valence-electron chi connectivity index (χ4n) is 2.40. The lowest BCUT2D eigenvalue weighted by atomic mass is 10.1. The van der Waals surface area contributed by atoms with Gasteiger partial charge in [-0.15, -0.1) is 0 Å². The molecule has 1 saturated heterocycles. The van der Waals surface area contributed by atoms with E-state index in [-0.39, 0.29) is 11.9 Å². The number of nitrogen functional groups attached to an aromatic ring is 1. The van der Waals surface area contributed by atoms with E-state index in [1.165, 1.54) is 24.2 Å². The van der Waals surface area contributed by atoms with Crippen molar-refractivity contribution in [3.8, 4) is 0 Å². The first-order valence-corrected chi connectivity index (χ1v) is 8.25. The molecule has 1 aliphatic rings. The molecule has 1 unspecified atom stereocenters. The number of hydrogen-bond acceptors (Lipinski definition) is 5. The van der Waals surface area contributed by atoms with Crippen LogP contribution in [0.2, 0.25) is 0 Å². The van der Waals surface area contributed by atoms with Crippen molar-refractivity contribution in [2.24, 2.45) is 0 Å². The van der Waals surface area contributed by atoms with Gasteiger partial charge < -0.3 is 16.0 Å². The van der Waals surface area contributed by atoms with Crippen LogP contribution in [0.3, 0.4) is 0 Å². The summed E-state index contributed by atoms with van der Waals surface area (Å²) in [6.07, 6.45) is 5.64. The van der Waals surface area contributed by atoms with Gasteiger partial charge in [0.2, 0.25) is 0 Å². The van der Waals surface area contributed by atoms with Crippen molar-refractivity contribution in [1.82, 2.24) is 10.3 Å². The van der Waals surface area contributed by atoms with Gasteiger partial charge >= 0.3 is 0 Å². The van der Waals surface area contributed by atoms with Gasteiger partial charge in [0.25, 0.3) is 5.91 Å². The molecular weight excluding hydrogens is 272 g/mol. The number of anilines is 2. The Morgan fingerprint density at radius 2 is 2.20 bits per heavy atom. The second-order valence-corrected chi connectivity index (χ2v) is 6.40. The van der Waals surface area contributed by atoms with E-state index in [4.69, 9.17) is 5.73 Å². The summed E-state index contributed by atoms with van der Waals surface area (Å²) in [6, 6.07) is 0.180. The van der Waals surface area contributed by atoms with Crippen LogP contribution in [-0.4, -0.2) is 30.0 Å². The maximum absolute atomic E-state index is 12.2. The fraction of sp³-hybridized carbons (Fsp3) is 0.714. The summed E-state index contributed by atoms with van der Waals surface area (Å²) < 4.78 is 0. The van der Waals surface area contributed by atoms with Crippen LogP contribution >= 0.6 is 11.3 Å². The third kappa shape index (κ3) is 3.62. The van der Waals surface area contributed by atoms with Crippen LogP contribution in [0.15, 0.2) is 0 Å². The second-order valence-electron chi connectivity index (χ2n) is 5.42. The molecule has 1 aromatic rings. The summed E-state index contributed by atoms with van der Waals surface area (Å²) in [5.41, 5.74) is 5.90. The minimum Gasteiger partial charge on any atom is -0.382 e. The average molecular weight is 296 g/mol. The van der Waals surface area contributed by atoms with Crippen LogP contribution < -0.4 is 16.0 Å². The number of carbonyl (C=O) groups is 1. The number of aromatic nitrogens is 1. The minimum atomic E-state index is -0.0888. The second kappa shape index (κ2) is 6.92. The van der Waals surface area contributed by atoms with E-state index in [1.807, 2.05) is 6.92 Å². The van der Waals surface area contributed by atoms with E-state index in [1.54, 1.807) is 0 Å².